The van der Waals surface area contributed by atoms with Crippen LogP contribution in [0.4, 0.5) is 0 Å². The highest BCUT2D eigenvalue weighted by Crippen LogP contribution is 2.13. The van der Waals surface area contributed by atoms with Gasteiger partial charge in [-0.2, -0.15) is 0 Å². The molecule has 108 valence electrons. The molecular formula is C15H30O3. The first-order valence-electron chi connectivity index (χ1n) is 7.30. The number of aliphatic hydroxyl groups excluding tert-OH is 3. The second-order valence-electron chi connectivity index (χ2n) is 5.05. The van der Waals surface area contributed by atoms with Gasteiger partial charge in [-0.3, -0.25) is 0 Å². The summed E-state index contributed by atoms with van der Waals surface area (Å²) in [4.78, 5) is 0. The average molecular weight is 258 g/mol. The lowest BCUT2D eigenvalue weighted by atomic mass is 10.0. The zero-order valence-electron chi connectivity index (χ0n) is 11.7. The predicted molar refractivity (Wildman–Crippen MR) is 75.4 cm³/mol. The van der Waals surface area contributed by atoms with Crippen molar-refractivity contribution in [1.82, 2.24) is 0 Å². The Morgan fingerprint density at radius 3 is 1.89 bits per heavy atom. The van der Waals surface area contributed by atoms with Crippen LogP contribution in [0.1, 0.15) is 64.7 Å². The van der Waals surface area contributed by atoms with E-state index in [1.165, 1.54) is 44.6 Å². The minimum Gasteiger partial charge on any atom is -0.390 e. The standard InChI is InChI=1S/C15H30O3/c1-3-5-6-7-8-9-10-11-12-14(17)15(18)13(16)4-2/h4,13-18H,2-3,5-12H2,1H3/t13-,14-,15+/m1/s1. The van der Waals surface area contributed by atoms with E-state index in [0.717, 1.165) is 12.8 Å². The third-order valence-corrected chi connectivity index (χ3v) is 3.34. The molecule has 0 radical (unpaired) electrons. The van der Waals surface area contributed by atoms with E-state index >= 15 is 0 Å². The predicted octanol–water partition coefficient (Wildman–Crippen LogP) is 2.79. The van der Waals surface area contributed by atoms with Gasteiger partial charge < -0.3 is 15.3 Å². The number of hydrogen-bond acceptors (Lipinski definition) is 3. The van der Waals surface area contributed by atoms with Crippen LogP contribution in [0.3, 0.4) is 0 Å². The molecule has 0 bridgehead atoms. The molecule has 18 heavy (non-hydrogen) atoms. The first-order chi connectivity index (χ1) is 8.63. The van der Waals surface area contributed by atoms with Crippen molar-refractivity contribution in [2.24, 2.45) is 0 Å². The van der Waals surface area contributed by atoms with Crippen LogP contribution in [0.15, 0.2) is 12.7 Å². The molecule has 0 aromatic heterocycles. The summed E-state index contributed by atoms with van der Waals surface area (Å²) in [5.74, 6) is 0. The third kappa shape index (κ3) is 8.67. The zero-order chi connectivity index (χ0) is 13.8. The maximum absolute atomic E-state index is 9.63. The molecule has 3 heteroatoms. The highest BCUT2D eigenvalue weighted by atomic mass is 16.4. The summed E-state index contributed by atoms with van der Waals surface area (Å²) >= 11 is 0. The molecule has 0 aliphatic heterocycles. The summed E-state index contributed by atoms with van der Waals surface area (Å²) in [6.07, 6.45) is 8.46. The van der Waals surface area contributed by atoms with Gasteiger partial charge in [0.05, 0.1) is 6.10 Å². The van der Waals surface area contributed by atoms with Gasteiger partial charge in [-0.05, 0) is 6.42 Å². The Kier molecular flexibility index (Phi) is 11.4. The monoisotopic (exact) mass is 258 g/mol. The normalized spacial score (nSPS) is 16.2. The Balaban J connectivity index is 3.40. The molecular weight excluding hydrogens is 228 g/mol. The summed E-state index contributed by atoms with van der Waals surface area (Å²) in [5, 5.41) is 28.4. The Bertz CT molecular complexity index is 194. The van der Waals surface area contributed by atoms with Gasteiger partial charge in [0, 0.05) is 0 Å². The van der Waals surface area contributed by atoms with Crippen molar-refractivity contribution in [2.75, 3.05) is 0 Å². The summed E-state index contributed by atoms with van der Waals surface area (Å²) in [6.45, 7) is 5.60. The van der Waals surface area contributed by atoms with Gasteiger partial charge in [0.15, 0.2) is 0 Å². The molecule has 0 aliphatic rings. The minimum atomic E-state index is -1.10. The van der Waals surface area contributed by atoms with Crippen LogP contribution >= 0.6 is 0 Å². The molecule has 0 spiro atoms. The van der Waals surface area contributed by atoms with E-state index < -0.39 is 18.3 Å². The molecule has 0 amide bonds. The van der Waals surface area contributed by atoms with Gasteiger partial charge in [0.1, 0.15) is 12.2 Å². The molecule has 0 unspecified atom stereocenters. The highest BCUT2D eigenvalue weighted by molar-refractivity contribution is 4.87. The van der Waals surface area contributed by atoms with Gasteiger partial charge in [0.2, 0.25) is 0 Å². The molecule has 0 rings (SSSR count). The van der Waals surface area contributed by atoms with Crippen molar-refractivity contribution < 1.29 is 15.3 Å². The van der Waals surface area contributed by atoms with Crippen LogP contribution in [-0.2, 0) is 0 Å². The summed E-state index contributed by atoms with van der Waals surface area (Å²) < 4.78 is 0. The van der Waals surface area contributed by atoms with E-state index in [-0.39, 0.29) is 0 Å². The number of rotatable bonds is 12. The van der Waals surface area contributed by atoms with E-state index in [1.807, 2.05) is 0 Å². The fourth-order valence-electron chi connectivity index (χ4n) is 2.03. The van der Waals surface area contributed by atoms with E-state index in [9.17, 15) is 15.3 Å². The zero-order valence-corrected chi connectivity index (χ0v) is 11.7. The van der Waals surface area contributed by atoms with Crippen molar-refractivity contribution in [1.29, 1.82) is 0 Å². The Hall–Kier alpha value is -0.380. The largest absolute Gasteiger partial charge is 0.390 e. The minimum absolute atomic E-state index is 0.543. The topological polar surface area (TPSA) is 60.7 Å². The maximum Gasteiger partial charge on any atom is 0.109 e. The molecule has 0 fully saturated rings. The van der Waals surface area contributed by atoms with Crippen LogP contribution in [0.2, 0.25) is 0 Å². The van der Waals surface area contributed by atoms with Crippen LogP contribution < -0.4 is 0 Å². The second-order valence-corrected chi connectivity index (χ2v) is 5.05. The molecule has 0 aromatic carbocycles. The van der Waals surface area contributed by atoms with Gasteiger partial charge in [-0.25, -0.2) is 0 Å². The molecule has 0 aromatic rings. The fraction of sp³-hybridized carbons (Fsp3) is 0.867. The molecule has 0 saturated heterocycles. The molecule has 0 saturated carbocycles. The lowest BCUT2D eigenvalue weighted by Crippen LogP contribution is -2.35. The van der Waals surface area contributed by atoms with Crippen molar-refractivity contribution in [2.45, 2.75) is 83.0 Å². The quantitative estimate of drug-likeness (QED) is 0.372. The summed E-state index contributed by atoms with van der Waals surface area (Å²) in [7, 11) is 0. The lowest BCUT2D eigenvalue weighted by Gasteiger charge is -2.20. The Morgan fingerprint density at radius 2 is 1.39 bits per heavy atom. The van der Waals surface area contributed by atoms with Crippen molar-refractivity contribution in [3.05, 3.63) is 12.7 Å². The Morgan fingerprint density at radius 1 is 0.889 bits per heavy atom. The van der Waals surface area contributed by atoms with Gasteiger partial charge in [0.25, 0.3) is 0 Å². The highest BCUT2D eigenvalue weighted by Gasteiger charge is 2.21. The number of hydrogen-bond donors (Lipinski definition) is 3. The van der Waals surface area contributed by atoms with Crippen LogP contribution in [-0.4, -0.2) is 33.6 Å². The second kappa shape index (κ2) is 11.7. The number of unbranched alkanes of at least 4 members (excludes halogenated alkanes) is 7. The van der Waals surface area contributed by atoms with Gasteiger partial charge in [-0.1, -0.05) is 64.4 Å². The van der Waals surface area contributed by atoms with E-state index in [1.54, 1.807) is 0 Å². The molecule has 3 N–H and O–H groups in total. The fourth-order valence-corrected chi connectivity index (χ4v) is 2.03. The smallest absolute Gasteiger partial charge is 0.109 e. The van der Waals surface area contributed by atoms with Crippen molar-refractivity contribution >= 4 is 0 Å². The maximum atomic E-state index is 9.63. The first-order valence-corrected chi connectivity index (χ1v) is 7.30. The molecule has 0 aliphatic carbocycles. The van der Waals surface area contributed by atoms with Crippen LogP contribution in [0.5, 0.6) is 0 Å². The van der Waals surface area contributed by atoms with E-state index in [2.05, 4.69) is 13.5 Å². The summed E-state index contributed by atoms with van der Waals surface area (Å²) in [5.41, 5.74) is 0. The average Bonchev–Trinajstić information content (AvgIpc) is 2.39. The van der Waals surface area contributed by atoms with Crippen LogP contribution in [0.25, 0.3) is 0 Å². The molecule has 3 nitrogen and oxygen atoms in total. The lowest BCUT2D eigenvalue weighted by molar-refractivity contribution is -0.0446. The van der Waals surface area contributed by atoms with Crippen molar-refractivity contribution in [3.63, 3.8) is 0 Å². The Labute approximate surface area is 112 Å². The third-order valence-electron chi connectivity index (χ3n) is 3.34. The SMILES string of the molecule is C=C[C@@H](O)[C@H](O)[C@H](O)CCCCCCCCCC. The van der Waals surface area contributed by atoms with E-state index in [4.69, 9.17) is 0 Å². The summed E-state index contributed by atoms with van der Waals surface area (Å²) in [6, 6.07) is 0. The van der Waals surface area contributed by atoms with Gasteiger partial charge in [-0.15, -0.1) is 6.58 Å². The van der Waals surface area contributed by atoms with E-state index in [0.29, 0.717) is 6.42 Å². The molecule has 0 heterocycles. The number of aliphatic hydroxyl groups is 3. The molecule has 3 atom stereocenters. The first kappa shape index (κ1) is 17.6. The van der Waals surface area contributed by atoms with Crippen molar-refractivity contribution in [3.8, 4) is 0 Å². The van der Waals surface area contributed by atoms with Gasteiger partial charge >= 0.3 is 0 Å². The van der Waals surface area contributed by atoms with Crippen LogP contribution in [0, 0.1) is 0 Å².